The van der Waals surface area contributed by atoms with Crippen LogP contribution in [0, 0.1) is 11.8 Å². The van der Waals surface area contributed by atoms with Gasteiger partial charge in [0.1, 0.15) is 22.2 Å². The number of nitrogens with two attached hydrogens (primary N) is 1. The van der Waals surface area contributed by atoms with E-state index in [1.54, 1.807) is 18.2 Å². The number of primary sulfonamides is 1. The molecule has 0 aliphatic carbocycles. The van der Waals surface area contributed by atoms with Gasteiger partial charge < -0.3 is 20.5 Å². The Morgan fingerprint density at radius 1 is 1.15 bits per heavy atom. The van der Waals surface area contributed by atoms with Gasteiger partial charge in [-0.25, -0.2) is 22.0 Å². The molecule has 0 amide bonds. The molecule has 1 aliphatic rings. The van der Waals surface area contributed by atoms with Gasteiger partial charge in [-0.05, 0) is 42.0 Å². The normalized spacial score (nSPS) is 15.7. The van der Waals surface area contributed by atoms with Gasteiger partial charge in [-0.1, -0.05) is 24.0 Å². The van der Waals surface area contributed by atoms with Gasteiger partial charge in [-0.2, -0.15) is 13.2 Å². The minimum atomic E-state index is -4.46. The maximum absolute atomic E-state index is 13.5. The minimum Gasteiger partial charge on any atom is -0.489 e. The fourth-order valence-electron chi connectivity index (χ4n) is 4.38. The van der Waals surface area contributed by atoms with Crippen LogP contribution in [0.5, 0.6) is 5.75 Å². The first-order chi connectivity index (χ1) is 19.3. The maximum Gasteiger partial charge on any atom is 0.393 e. The van der Waals surface area contributed by atoms with E-state index in [1.807, 2.05) is 0 Å². The Kier molecular flexibility index (Phi) is 9.39. The number of fused-ring (bicyclic) bond motifs is 1. The number of nitrogens with one attached hydrogen (secondary N) is 2. The number of anilines is 2. The van der Waals surface area contributed by atoms with Crippen molar-refractivity contribution in [2.75, 3.05) is 41.9 Å². The van der Waals surface area contributed by atoms with E-state index in [4.69, 9.17) is 15.0 Å². The van der Waals surface area contributed by atoms with E-state index < -0.39 is 32.5 Å². The Labute approximate surface area is 239 Å². The van der Waals surface area contributed by atoms with Gasteiger partial charge in [-0.15, -0.1) is 11.3 Å². The number of thiophene rings is 1. The van der Waals surface area contributed by atoms with Gasteiger partial charge in [0.2, 0.25) is 10.0 Å². The molecular formula is C26H28F3N3O6S3. The summed E-state index contributed by atoms with van der Waals surface area (Å²) in [4.78, 5) is 0.0596. The molecule has 222 valence electrons. The number of sulfone groups is 1. The van der Waals surface area contributed by atoms with Crippen LogP contribution in [0.4, 0.5) is 24.5 Å². The van der Waals surface area contributed by atoms with Crippen molar-refractivity contribution >= 4 is 52.7 Å². The Morgan fingerprint density at radius 2 is 1.88 bits per heavy atom. The molecule has 0 saturated carbocycles. The molecule has 9 nitrogen and oxygen atoms in total. The molecule has 3 aromatic rings. The molecule has 5 N–H and O–H groups in total. The van der Waals surface area contributed by atoms with Crippen LogP contribution in [-0.2, 0) is 26.3 Å². The highest BCUT2D eigenvalue weighted by atomic mass is 32.2. The Balaban J connectivity index is 1.60. The molecule has 4 rings (SSSR count). The number of aliphatic hydroxyl groups is 1. The first-order valence-corrected chi connectivity index (χ1v) is 16.7. The second-order valence-corrected chi connectivity index (χ2v) is 14.3. The van der Waals surface area contributed by atoms with E-state index in [9.17, 15) is 30.0 Å². The van der Waals surface area contributed by atoms with Gasteiger partial charge in [0.15, 0.2) is 0 Å². The standard InChI is InChI=1S/C26H28F3N3O6S3/c27-26(28,29)16-20-19-3-1-4-22(32-17-8-13-40(34,35)14-9-17)25(19)39-24(20)5-2-10-31-21-7-6-18(41(30,36)37)15-23(21)38-12-11-33/h1,3-4,6-7,15,17,31-33H,8-14,16H2,(H2,30,36,37). The van der Waals surface area contributed by atoms with Crippen LogP contribution < -0.4 is 20.5 Å². The van der Waals surface area contributed by atoms with Crippen molar-refractivity contribution in [3.63, 3.8) is 0 Å². The van der Waals surface area contributed by atoms with Crippen LogP contribution in [-0.4, -0.2) is 65.4 Å². The number of rotatable bonds is 9. The van der Waals surface area contributed by atoms with Crippen molar-refractivity contribution in [3.8, 4) is 17.6 Å². The number of alkyl halides is 3. The fourth-order valence-corrected chi connectivity index (χ4v) is 7.57. The lowest BCUT2D eigenvalue weighted by Crippen LogP contribution is -2.32. The van der Waals surface area contributed by atoms with Crippen LogP contribution in [0.25, 0.3) is 10.1 Å². The lowest BCUT2D eigenvalue weighted by Gasteiger charge is -2.24. The summed E-state index contributed by atoms with van der Waals surface area (Å²) in [6, 6.07) is 8.80. The second kappa shape index (κ2) is 12.5. The highest BCUT2D eigenvalue weighted by molar-refractivity contribution is 7.91. The van der Waals surface area contributed by atoms with Crippen LogP contribution >= 0.6 is 11.3 Å². The van der Waals surface area contributed by atoms with Crippen molar-refractivity contribution in [1.82, 2.24) is 0 Å². The van der Waals surface area contributed by atoms with E-state index in [1.165, 1.54) is 18.2 Å². The zero-order valence-corrected chi connectivity index (χ0v) is 24.1. The number of hydrogen-bond acceptors (Lipinski definition) is 9. The quantitative estimate of drug-likeness (QED) is 0.263. The van der Waals surface area contributed by atoms with Crippen molar-refractivity contribution < 1.29 is 39.9 Å². The smallest absolute Gasteiger partial charge is 0.393 e. The summed E-state index contributed by atoms with van der Waals surface area (Å²) in [5.41, 5.74) is 1.05. The zero-order valence-electron chi connectivity index (χ0n) is 21.6. The van der Waals surface area contributed by atoms with Crippen molar-refractivity contribution in [1.29, 1.82) is 0 Å². The SMILES string of the molecule is NS(=O)(=O)c1ccc(NCC#Cc2sc3c(NC4CCS(=O)(=O)CC4)cccc3c2CC(F)(F)F)c(OCCO)c1. The molecule has 1 fully saturated rings. The zero-order chi connectivity index (χ0) is 29.8. The summed E-state index contributed by atoms with van der Waals surface area (Å²) < 4.78 is 93.5. The first kappa shape index (κ1) is 30.9. The van der Waals surface area contributed by atoms with Crippen molar-refractivity contribution in [2.45, 2.75) is 36.4 Å². The van der Waals surface area contributed by atoms with Crippen LogP contribution in [0.2, 0.25) is 0 Å². The molecule has 41 heavy (non-hydrogen) atoms. The molecule has 0 radical (unpaired) electrons. The lowest BCUT2D eigenvalue weighted by atomic mass is 10.1. The molecule has 15 heteroatoms. The van der Waals surface area contributed by atoms with E-state index in [2.05, 4.69) is 22.5 Å². The van der Waals surface area contributed by atoms with Crippen molar-refractivity contribution in [3.05, 3.63) is 46.8 Å². The van der Waals surface area contributed by atoms with Gasteiger partial charge in [-0.3, -0.25) is 0 Å². The van der Waals surface area contributed by atoms with Gasteiger partial charge in [0.05, 0.1) is 56.9 Å². The largest absolute Gasteiger partial charge is 0.489 e. The third-order valence-corrected chi connectivity index (χ3v) is 10.1. The third kappa shape index (κ3) is 8.26. The summed E-state index contributed by atoms with van der Waals surface area (Å²) in [5.74, 6) is 5.89. The van der Waals surface area contributed by atoms with E-state index in [0.717, 1.165) is 11.3 Å². The highest BCUT2D eigenvalue weighted by Gasteiger charge is 2.31. The molecular weight excluding hydrogens is 603 g/mol. The summed E-state index contributed by atoms with van der Waals surface area (Å²) in [5, 5.41) is 20.9. The summed E-state index contributed by atoms with van der Waals surface area (Å²) in [6.45, 7) is -0.431. The topological polar surface area (TPSA) is 148 Å². The number of benzene rings is 2. The van der Waals surface area contributed by atoms with E-state index in [0.29, 0.717) is 34.3 Å². The second-order valence-electron chi connectivity index (χ2n) is 9.38. The summed E-state index contributed by atoms with van der Waals surface area (Å²) >= 11 is 1.13. The molecule has 1 aliphatic heterocycles. The van der Waals surface area contributed by atoms with Crippen LogP contribution in [0.3, 0.4) is 0 Å². The predicted octanol–water partition coefficient (Wildman–Crippen LogP) is 3.48. The van der Waals surface area contributed by atoms with Crippen molar-refractivity contribution in [2.24, 2.45) is 5.14 Å². The molecule has 2 heterocycles. The molecule has 0 unspecified atom stereocenters. The third-order valence-electron chi connectivity index (χ3n) is 6.31. The van der Waals surface area contributed by atoms with Gasteiger partial charge >= 0.3 is 6.18 Å². The fraction of sp³-hybridized carbons (Fsp3) is 0.385. The number of hydrogen-bond donors (Lipinski definition) is 4. The highest BCUT2D eigenvalue weighted by Crippen LogP contribution is 2.39. The number of aliphatic hydroxyl groups excluding tert-OH is 1. The Morgan fingerprint density at radius 3 is 2.54 bits per heavy atom. The average Bonchev–Trinajstić information content (AvgIpc) is 3.23. The number of ether oxygens (including phenoxy) is 1. The van der Waals surface area contributed by atoms with Crippen LogP contribution in [0.1, 0.15) is 23.3 Å². The van der Waals surface area contributed by atoms with E-state index >= 15 is 0 Å². The average molecular weight is 632 g/mol. The van der Waals surface area contributed by atoms with Gasteiger partial charge in [0, 0.05) is 12.1 Å². The Bertz CT molecular complexity index is 1680. The molecule has 1 saturated heterocycles. The van der Waals surface area contributed by atoms with Crippen LogP contribution in [0.15, 0.2) is 41.3 Å². The number of halogens is 3. The predicted molar refractivity (Wildman–Crippen MR) is 153 cm³/mol. The molecule has 0 bridgehead atoms. The monoisotopic (exact) mass is 631 g/mol. The summed E-state index contributed by atoms with van der Waals surface area (Å²) in [6.07, 6.45) is -4.79. The lowest BCUT2D eigenvalue weighted by molar-refractivity contribution is -0.126. The van der Waals surface area contributed by atoms with Gasteiger partial charge in [0.25, 0.3) is 0 Å². The maximum atomic E-state index is 13.5. The minimum absolute atomic E-state index is 0.00837. The molecule has 0 spiro atoms. The molecule has 2 aromatic carbocycles. The number of sulfonamides is 1. The Hall–Kier alpha value is -3.03. The molecule has 0 atom stereocenters. The summed E-state index contributed by atoms with van der Waals surface area (Å²) in [7, 11) is -7.06. The molecule has 1 aromatic heterocycles. The van der Waals surface area contributed by atoms with E-state index in [-0.39, 0.29) is 58.4 Å². The first-order valence-electron chi connectivity index (χ1n) is 12.5.